The minimum atomic E-state index is -0.0306. The average molecular weight is 383 g/mol. The molecule has 0 aromatic heterocycles. The number of nitrogens with zero attached hydrogens (tertiary/aromatic N) is 1. The lowest BCUT2D eigenvalue weighted by Crippen LogP contribution is -2.44. The van der Waals surface area contributed by atoms with Gasteiger partial charge in [0.25, 0.3) is 0 Å². The van der Waals surface area contributed by atoms with Crippen molar-refractivity contribution in [3.05, 3.63) is 60.2 Å². The van der Waals surface area contributed by atoms with Crippen molar-refractivity contribution < 1.29 is 14.3 Å². The number of carbonyl (C=O) groups excluding carboxylic acids is 1. The minimum absolute atomic E-state index is 0.0306. The zero-order valence-corrected chi connectivity index (χ0v) is 16.8. The smallest absolute Gasteiger partial charge is 0.223 e. The van der Waals surface area contributed by atoms with Crippen LogP contribution in [0.3, 0.4) is 0 Å². The monoisotopic (exact) mass is 382 g/mol. The van der Waals surface area contributed by atoms with Gasteiger partial charge in [0, 0.05) is 12.5 Å². The van der Waals surface area contributed by atoms with Crippen LogP contribution in [0.4, 0.5) is 0 Å². The molecule has 0 spiro atoms. The van der Waals surface area contributed by atoms with E-state index in [0.717, 1.165) is 44.0 Å². The molecule has 3 rings (SSSR count). The Morgan fingerprint density at radius 2 is 1.71 bits per heavy atom. The number of hydrogen-bond acceptors (Lipinski definition) is 4. The summed E-state index contributed by atoms with van der Waals surface area (Å²) in [7, 11) is 1.64. The van der Waals surface area contributed by atoms with E-state index in [-0.39, 0.29) is 17.9 Å². The quantitative estimate of drug-likeness (QED) is 0.759. The molecule has 5 heteroatoms. The topological polar surface area (TPSA) is 50.8 Å². The zero-order valence-electron chi connectivity index (χ0n) is 16.8. The average Bonchev–Trinajstić information content (AvgIpc) is 2.74. The lowest BCUT2D eigenvalue weighted by atomic mass is 9.95. The highest BCUT2D eigenvalue weighted by atomic mass is 16.5. The van der Waals surface area contributed by atoms with E-state index in [9.17, 15) is 4.79 Å². The molecule has 0 bridgehead atoms. The van der Waals surface area contributed by atoms with Gasteiger partial charge in [-0.1, -0.05) is 30.3 Å². The number of likely N-dealkylation sites (tertiary alicyclic amines) is 1. The Labute approximate surface area is 167 Å². The van der Waals surface area contributed by atoms with Gasteiger partial charge in [-0.15, -0.1) is 0 Å². The summed E-state index contributed by atoms with van der Waals surface area (Å²) in [6.45, 7) is 5.31. The molecule has 1 amide bonds. The third-order valence-corrected chi connectivity index (χ3v) is 5.16. The summed E-state index contributed by atoms with van der Waals surface area (Å²) in [5.41, 5.74) is 1.33. The molecule has 0 saturated carbocycles. The van der Waals surface area contributed by atoms with Crippen LogP contribution in [0, 0.1) is 5.92 Å². The van der Waals surface area contributed by atoms with Gasteiger partial charge in [-0.05, 0) is 62.7 Å². The molecule has 0 radical (unpaired) electrons. The highest BCUT2D eigenvalue weighted by Gasteiger charge is 2.25. The Balaban J connectivity index is 1.37. The third-order valence-electron chi connectivity index (χ3n) is 5.16. The van der Waals surface area contributed by atoms with Crippen LogP contribution in [-0.2, 0) is 11.3 Å². The zero-order chi connectivity index (χ0) is 19.8. The van der Waals surface area contributed by atoms with Crippen LogP contribution in [0.15, 0.2) is 54.6 Å². The van der Waals surface area contributed by atoms with E-state index in [2.05, 4.69) is 34.5 Å². The van der Waals surface area contributed by atoms with Crippen molar-refractivity contribution in [3.63, 3.8) is 0 Å². The van der Waals surface area contributed by atoms with Gasteiger partial charge in [-0.2, -0.15) is 0 Å². The van der Waals surface area contributed by atoms with Crippen molar-refractivity contribution in [1.82, 2.24) is 10.2 Å². The number of methoxy groups -OCH3 is 1. The van der Waals surface area contributed by atoms with Gasteiger partial charge in [0.15, 0.2) is 0 Å². The number of piperidine rings is 1. The van der Waals surface area contributed by atoms with E-state index >= 15 is 0 Å². The number of ether oxygens (including phenoxy) is 2. The number of nitrogens with one attached hydrogen (secondary N) is 1. The first-order chi connectivity index (χ1) is 13.6. The van der Waals surface area contributed by atoms with Gasteiger partial charge in [-0.3, -0.25) is 9.69 Å². The molecule has 1 N–H and O–H groups in total. The molecular formula is C23H30N2O3. The van der Waals surface area contributed by atoms with E-state index in [0.29, 0.717) is 6.61 Å². The second kappa shape index (κ2) is 10.1. The van der Waals surface area contributed by atoms with Crippen LogP contribution >= 0.6 is 0 Å². The summed E-state index contributed by atoms with van der Waals surface area (Å²) < 4.78 is 10.9. The molecule has 1 aliphatic heterocycles. The normalized spacial score (nSPS) is 16.4. The minimum Gasteiger partial charge on any atom is -0.497 e. The fourth-order valence-electron chi connectivity index (χ4n) is 3.49. The maximum absolute atomic E-state index is 12.6. The summed E-state index contributed by atoms with van der Waals surface area (Å²) in [5.74, 6) is 1.81. The molecule has 1 saturated heterocycles. The number of hydrogen-bond donors (Lipinski definition) is 1. The molecule has 1 atom stereocenters. The van der Waals surface area contributed by atoms with Gasteiger partial charge in [-0.25, -0.2) is 0 Å². The first-order valence-corrected chi connectivity index (χ1v) is 9.97. The van der Waals surface area contributed by atoms with E-state index in [1.165, 1.54) is 5.56 Å². The molecule has 150 valence electrons. The molecule has 1 heterocycles. The lowest BCUT2D eigenvalue weighted by Gasteiger charge is -2.31. The number of amides is 1. The van der Waals surface area contributed by atoms with Crippen LogP contribution in [0.25, 0.3) is 0 Å². The molecule has 28 heavy (non-hydrogen) atoms. The van der Waals surface area contributed by atoms with Crippen molar-refractivity contribution in [3.8, 4) is 11.5 Å². The lowest BCUT2D eigenvalue weighted by molar-refractivity contribution is -0.127. The van der Waals surface area contributed by atoms with Crippen molar-refractivity contribution in [2.24, 2.45) is 5.92 Å². The van der Waals surface area contributed by atoms with Crippen molar-refractivity contribution in [1.29, 1.82) is 0 Å². The van der Waals surface area contributed by atoms with E-state index in [4.69, 9.17) is 9.47 Å². The SMILES string of the molecule is COc1ccc(OC[C@H](C)NC(=O)C2CCN(Cc3ccccc3)CC2)cc1. The van der Waals surface area contributed by atoms with Crippen LogP contribution in [0.5, 0.6) is 11.5 Å². The maximum atomic E-state index is 12.6. The fraction of sp³-hybridized carbons (Fsp3) is 0.435. The van der Waals surface area contributed by atoms with E-state index in [1.54, 1.807) is 7.11 Å². The highest BCUT2D eigenvalue weighted by molar-refractivity contribution is 5.79. The first-order valence-electron chi connectivity index (χ1n) is 9.97. The Morgan fingerprint density at radius 3 is 2.36 bits per heavy atom. The Morgan fingerprint density at radius 1 is 1.07 bits per heavy atom. The summed E-state index contributed by atoms with van der Waals surface area (Å²) in [4.78, 5) is 15.0. The Bertz CT molecular complexity index is 725. The molecular weight excluding hydrogens is 352 g/mol. The second-order valence-electron chi connectivity index (χ2n) is 7.43. The predicted octanol–water partition coefficient (Wildman–Crippen LogP) is 3.49. The maximum Gasteiger partial charge on any atom is 0.223 e. The number of benzene rings is 2. The molecule has 5 nitrogen and oxygen atoms in total. The standard InChI is InChI=1S/C23H30N2O3/c1-18(17-28-22-10-8-21(27-2)9-11-22)24-23(26)20-12-14-25(15-13-20)16-19-6-4-3-5-7-19/h3-11,18,20H,12-17H2,1-2H3,(H,24,26)/t18-/m0/s1. The summed E-state index contributed by atoms with van der Waals surface area (Å²) in [6.07, 6.45) is 1.81. The second-order valence-corrected chi connectivity index (χ2v) is 7.43. The number of rotatable bonds is 8. The van der Waals surface area contributed by atoms with Gasteiger partial charge in [0.1, 0.15) is 18.1 Å². The Kier molecular flexibility index (Phi) is 7.31. The third kappa shape index (κ3) is 5.99. The molecule has 0 unspecified atom stereocenters. The van der Waals surface area contributed by atoms with E-state index < -0.39 is 0 Å². The van der Waals surface area contributed by atoms with Gasteiger partial charge in [0.2, 0.25) is 5.91 Å². The molecule has 2 aromatic carbocycles. The summed E-state index contributed by atoms with van der Waals surface area (Å²) in [5, 5.41) is 3.10. The molecule has 1 aliphatic rings. The van der Waals surface area contributed by atoms with Crippen LogP contribution in [0.1, 0.15) is 25.3 Å². The van der Waals surface area contributed by atoms with Gasteiger partial charge >= 0.3 is 0 Å². The Hall–Kier alpha value is -2.53. The predicted molar refractivity (Wildman–Crippen MR) is 111 cm³/mol. The van der Waals surface area contributed by atoms with Gasteiger partial charge < -0.3 is 14.8 Å². The van der Waals surface area contributed by atoms with E-state index in [1.807, 2.05) is 37.3 Å². The summed E-state index contributed by atoms with van der Waals surface area (Å²) >= 11 is 0. The largest absolute Gasteiger partial charge is 0.497 e. The van der Waals surface area contributed by atoms with Crippen LogP contribution in [-0.4, -0.2) is 43.7 Å². The van der Waals surface area contributed by atoms with Crippen molar-refractivity contribution >= 4 is 5.91 Å². The summed E-state index contributed by atoms with van der Waals surface area (Å²) in [6, 6.07) is 17.9. The first kappa shape index (κ1) is 20.2. The van der Waals surface area contributed by atoms with Crippen molar-refractivity contribution in [2.45, 2.75) is 32.4 Å². The number of carbonyl (C=O) groups is 1. The molecule has 1 fully saturated rings. The van der Waals surface area contributed by atoms with Crippen molar-refractivity contribution in [2.75, 3.05) is 26.8 Å². The highest BCUT2D eigenvalue weighted by Crippen LogP contribution is 2.20. The van der Waals surface area contributed by atoms with Gasteiger partial charge in [0.05, 0.1) is 13.2 Å². The molecule has 0 aliphatic carbocycles. The van der Waals surface area contributed by atoms with Crippen LogP contribution < -0.4 is 14.8 Å². The van der Waals surface area contributed by atoms with Crippen LogP contribution in [0.2, 0.25) is 0 Å². The fourth-order valence-corrected chi connectivity index (χ4v) is 3.49. The molecule has 2 aromatic rings.